The van der Waals surface area contributed by atoms with Gasteiger partial charge in [0.15, 0.2) is 0 Å². The molecule has 1 aliphatic heterocycles. The van der Waals surface area contributed by atoms with Gasteiger partial charge >= 0.3 is 0 Å². The van der Waals surface area contributed by atoms with E-state index in [2.05, 4.69) is 10.3 Å². The van der Waals surface area contributed by atoms with E-state index in [0.717, 1.165) is 5.56 Å². The van der Waals surface area contributed by atoms with Crippen LogP contribution in [-0.4, -0.2) is 43.8 Å². The molecule has 9 heteroatoms. The smallest absolute Gasteiger partial charge is 0.248 e. The lowest BCUT2D eigenvalue weighted by molar-refractivity contribution is -0.126. The maximum Gasteiger partial charge on any atom is 0.248 e. The molecule has 0 bridgehead atoms. The first-order valence-corrected chi connectivity index (χ1v) is 11.9. The van der Waals surface area contributed by atoms with Crippen molar-refractivity contribution in [3.05, 3.63) is 70.5 Å². The third-order valence-electron chi connectivity index (χ3n) is 5.73. The Labute approximate surface area is 186 Å². The number of aromatic nitrogens is 1. The Morgan fingerprint density at radius 2 is 2.00 bits per heavy atom. The van der Waals surface area contributed by atoms with Crippen LogP contribution in [0.5, 0.6) is 5.75 Å². The summed E-state index contributed by atoms with van der Waals surface area (Å²) in [5, 5.41) is 3.54. The Balaban J connectivity index is 1.47. The highest BCUT2D eigenvalue weighted by Crippen LogP contribution is 2.26. The van der Waals surface area contributed by atoms with E-state index < -0.39 is 15.9 Å². The minimum atomic E-state index is -3.77. The van der Waals surface area contributed by atoms with Gasteiger partial charge in [-0.25, -0.2) is 8.42 Å². The lowest BCUT2D eigenvalue weighted by Crippen LogP contribution is -2.45. The van der Waals surface area contributed by atoms with E-state index >= 15 is 0 Å². The summed E-state index contributed by atoms with van der Waals surface area (Å²) in [5.41, 5.74) is 1.19. The summed E-state index contributed by atoms with van der Waals surface area (Å²) in [6, 6.07) is 15.0. The van der Waals surface area contributed by atoms with Crippen molar-refractivity contribution in [2.45, 2.75) is 24.3 Å². The number of hydrogen-bond acceptors (Lipinski definition) is 5. The van der Waals surface area contributed by atoms with Crippen LogP contribution in [0, 0.1) is 5.92 Å². The van der Waals surface area contributed by atoms with E-state index in [1.807, 2.05) is 24.3 Å². The molecule has 1 atom stereocenters. The molecule has 4 rings (SSSR count). The number of H-pyrrole nitrogens is 1. The number of nitrogens with zero attached hydrogens (tertiary/aromatic N) is 1. The third kappa shape index (κ3) is 4.53. The number of amides is 1. The Morgan fingerprint density at radius 3 is 2.81 bits per heavy atom. The van der Waals surface area contributed by atoms with Crippen molar-refractivity contribution in [2.24, 2.45) is 5.92 Å². The summed E-state index contributed by atoms with van der Waals surface area (Å²) in [4.78, 5) is 27.1. The van der Waals surface area contributed by atoms with Crippen LogP contribution in [0.4, 0.5) is 0 Å². The number of nitrogens with one attached hydrogen (secondary N) is 2. The van der Waals surface area contributed by atoms with Gasteiger partial charge < -0.3 is 15.0 Å². The molecule has 1 aliphatic rings. The van der Waals surface area contributed by atoms with Crippen molar-refractivity contribution in [1.82, 2.24) is 14.6 Å². The van der Waals surface area contributed by atoms with Crippen LogP contribution in [0.15, 0.2) is 64.3 Å². The molecule has 2 heterocycles. The van der Waals surface area contributed by atoms with Crippen LogP contribution < -0.4 is 15.6 Å². The summed E-state index contributed by atoms with van der Waals surface area (Å²) in [7, 11) is -2.19. The Morgan fingerprint density at radius 1 is 1.19 bits per heavy atom. The fourth-order valence-electron chi connectivity index (χ4n) is 3.99. The van der Waals surface area contributed by atoms with E-state index in [1.165, 1.54) is 16.4 Å². The Kier molecular flexibility index (Phi) is 6.29. The number of piperidine rings is 1. The number of fused-ring (bicyclic) bond motifs is 1. The Bertz CT molecular complexity index is 1300. The molecule has 0 saturated carbocycles. The van der Waals surface area contributed by atoms with Crippen molar-refractivity contribution in [3.63, 3.8) is 0 Å². The van der Waals surface area contributed by atoms with E-state index in [1.54, 1.807) is 25.3 Å². The van der Waals surface area contributed by atoms with Gasteiger partial charge in [-0.15, -0.1) is 0 Å². The normalized spacial score (nSPS) is 17.2. The highest BCUT2D eigenvalue weighted by atomic mass is 32.2. The molecule has 1 aromatic heterocycles. The van der Waals surface area contributed by atoms with Gasteiger partial charge in [0.2, 0.25) is 21.5 Å². The number of carbonyl (C=O) groups is 1. The summed E-state index contributed by atoms with van der Waals surface area (Å²) >= 11 is 0. The average molecular weight is 456 g/mol. The third-order valence-corrected chi connectivity index (χ3v) is 7.59. The van der Waals surface area contributed by atoms with Crippen LogP contribution >= 0.6 is 0 Å². The summed E-state index contributed by atoms with van der Waals surface area (Å²) in [6.45, 7) is 0.807. The summed E-state index contributed by atoms with van der Waals surface area (Å²) in [6.07, 6.45) is 1.23. The number of hydrogen-bond donors (Lipinski definition) is 2. The molecule has 2 N–H and O–H groups in total. The number of ether oxygens (including phenoxy) is 1. The topological polar surface area (TPSA) is 109 Å². The number of pyridine rings is 1. The van der Waals surface area contributed by atoms with Crippen molar-refractivity contribution >= 4 is 26.8 Å². The molecular weight excluding hydrogens is 430 g/mol. The lowest BCUT2D eigenvalue weighted by atomic mass is 9.98. The van der Waals surface area contributed by atoms with Crippen molar-refractivity contribution in [2.75, 3.05) is 20.2 Å². The van der Waals surface area contributed by atoms with Crippen LogP contribution in [0.2, 0.25) is 0 Å². The molecule has 8 nitrogen and oxygen atoms in total. The molecule has 1 amide bonds. The fourth-order valence-corrected chi connectivity index (χ4v) is 5.55. The molecule has 0 spiro atoms. The largest absolute Gasteiger partial charge is 0.496 e. The molecule has 1 saturated heterocycles. The van der Waals surface area contributed by atoms with Gasteiger partial charge in [0.05, 0.1) is 17.9 Å². The number of para-hydroxylation sites is 1. The summed E-state index contributed by atoms with van der Waals surface area (Å²) < 4.78 is 33.2. The number of methoxy groups -OCH3 is 1. The van der Waals surface area contributed by atoms with Gasteiger partial charge in [-0.3, -0.25) is 9.59 Å². The molecule has 3 aromatic rings. The van der Waals surface area contributed by atoms with Gasteiger partial charge in [0.25, 0.3) is 0 Å². The number of sulfonamides is 1. The SMILES string of the molecule is COc1ccccc1CNC(=O)[C@H]1CCCN(S(=O)(=O)c2ccc3[nH]c(=O)ccc3c2)C1. The Hall–Kier alpha value is -3.17. The van der Waals surface area contributed by atoms with Crippen LogP contribution in [0.3, 0.4) is 0 Å². The van der Waals surface area contributed by atoms with Crippen LogP contribution in [0.25, 0.3) is 10.9 Å². The second kappa shape index (κ2) is 9.13. The zero-order valence-electron chi connectivity index (χ0n) is 17.7. The number of benzene rings is 2. The lowest BCUT2D eigenvalue weighted by Gasteiger charge is -2.31. The minimum absolute atomic E-state index is 0.129. The fraction of sp³-hybridized carbons (Fsp3) is 0.304. The standard InChI is InChI=1S/C23H25N3O5S/c1-31-21-7-3-2-5-17(21)14-24-23(28)18-6-4-12-26(15-18)32(29,30)19-9-10-20-16(13-19)8-11-22(27)25-20/h2-3,5,7-11,13,18H,4,6,12,14-15H2,1H3,(H,24,28)(H,25,27)/t18-/m0/s1. The number of carbonyl (C=O) groups excluding carboxylic acids is 1. The predicted octanol–water partition coefficient (Wildman–Crippen LogP) is 2.25. The molecule has 2 aromatic carbocycles. The van der Waals surface area contributed by atoms with Crippen molar-refractivity contribution < 1.29 is 17.9 Å². The van der Waals surface area contributed by atoms with Crippen molar-refractivity contribution in [3.8, 4) is 5.75 Å². The zero-order valence-corrected chi connectivity index (χ0v) is 18.5. The maximum absolute atomic E-state index is 13.2. The second-order valence-corrected chi connectivity index (χ2v) is 9.74. The predicted molar refractivity (Wildman–Crippen MR) is 121 cm³/mol. The molecular formula is C23H25N3O5S. The monoisotopic (exact) mass is 455 g/mol. The quantitative estimate of drug-likeness (QED) is 0.593. The zero-order chi connectivity index (χ0) is 22.7. The van der Waals surface area contributed by atoms with Gasteiger partial charge in [-0.05, 0) is 48.6 Å². The molecule has 0 unspecified atom stereocenters. The second-order valence-electron chi connectivity index (χ2n) is 7.80. The van der Waals surface area contributed by atoms with E-state index in [-0.39, 0.29) is 22.9 Å². The highest BCUT2D eigenvalue weighted by Gasteiger charge is 2.33. The van der Waals surface area contributed by atoms with Gasteiger partial charge in [0.1, 0.15) is 5.75 Å². The first kappa shape index (κ1) is 22.0. The molecule has 1 fully saturated rings. The van der Waals surface area contributed by atoms with E-state index in [4.69, 9.17) is 4.74 Å². The number of rotatable bonds is 6. The summed E-state index contributed by atoms with van der Waals surface area (Å²) in [5.74, 6) is 0.0928. The van der Waals surface area contributed by atoms with Gasteiger partial charge in [-0.1, -0.05) is 18.2 Å². The van der Waals surface area contributed by atoms with Crippen molar-refractivity contribution in [1.29, 1.82) is 0 Å². The first-order valence-electron chi connectivity index (χ1n) is 10.4. The molecule has 168 valence electrons. The van der Waals surface area contributed by atoms with Crippen LogP contribution in [0.1, 0.15) is 18.4 Å². The average Bonchev–Trinajstić information content (AvgIpc) is 2.82. The maximum atomic E-state index is 13.2. The molecule has 32 heavy (non-hydrogen) atoms. The molecule has 0 radical (unpaired) electrons. The highest BCUT2D eigenvalue weighted by molar-refractivity contribution is 7.89. The minimum Gasteiger partial charge on any atom is -0.496 e. The first-order chi connectivity index (χ1) is 15.4. The van der Waals surface area contributed by atoms with Gasteiger partial charge in [-0.2, -0.15) is 4.31 Å². The van der Waals surface area contributed by atoms with E-state index in [0.29, 0.717) is 42.6 Å². The van der Waals surface area contributed by atoms with E-state index in [9.17, 15) is 18.0 Å². The molecule has 0 aliphatic carbocycles. The van der Waals surface area contributed by atoms with Gasteiger partial charge in [0, 0.05) is 36.8 Å². The number of aromatic amines is 1. The van der Waals surface area contributed by atoms with Crippen LogP contribution in [-0.2, 0) is 21.4 Å².